The van der Waals surface area contributed by atoms with Crippen LogP contribution in [0.2, 0.25) is 0 Å². The first kappa shape index (κ1) is 23.3. The van der Waals surface area contributed by atoms with E-state index >= 15 is 0 Å². The van der Waals surface area contributed by atoms with Crippen molar-refractivity contribution < 1.29 is 43.6 Å². The number of aromatic carboxylic acids is 1. The van der Waals surface area contributed by atoms with Crippen LogP contribution >= 0.6 is 0 Å². The molecular weight excluding hydrogens is 544 g/mol. The van der Waals surface area contributed by atoms with E-state index in [0.717, 1.165) is 18.6 Å². The Bertz CT molecular complexity index is 979. The molecule has 1 radical (unpaired) electrons. The number of aromatic nitrogens is 1. The molecule has 0 saturated heterocycles. The van der Waals surface area contributed by atoms with Gasteiger partial charge in [0.25, 0.3) is 0 Å². The second-order valence-corrected chi connectivity index (χ2v) is 5.56. The first-order valence-corrected chi connectivity index (χ1v) is 7.85. The number of carbonyl (C=O) groups is 2. The Morgan fingerprint density at radius 3 is 2.36 bits per heavy atom. The second kappa shape index (κ2) is 10.5. The van der Waals surface area contributed by atoms with Crippen molar-refractivity contribution in [2.24, 2.45) is 0 Å². The van der Waals surface area contributed by atoms with Gasteiger partial charge in [-0.1, -0.05) is 22.8 Å². The van der Waals surface area contributed by atoms with Gasteiger partial charge < -0.3 is 14.9 Å². The van der Waals surface area contributed by atoms with Crippen LogP contribution in [0.5, 0.6) is 0 Å². The Morgan fingerprint density at radius 1 is 1.14 bits per heavy atom. The number of benzene rings is 2. The molecule has 4 nitrogen and oxygen atoms in total. The maximum atomic E-state index is 14.1. The third-order valence-electron chi connectivity index (χ3n) is 3.48. The molecule has 28 heavy (non-hydrogen) atoms. The predicted molar refractivity (Wildman–Crippen MR) is 95.4 cm³/mol. The van der Waals surface area contributed by atoms with Gasteiger partial charge in [-0.2, -0.15) is 0 Å². The average Bonchev–Trinajstić information content (AvgIpc) is 2.63. The molecule has 0 aliphatic carbocycles. The first-order chi connectivity index (χ1) is 12.8. The van der Waals surface area contributed by atoms with E-state index in [1.165, 1.54) is 12.3 Å². The van der Waals surface area contributed by atoms with Crippen LogP contribution in [0.1, 0.15) is 33.2 Å². The molecule has 0 aliphatic rings. The largest absolute Gasteiger partial charge is 0.521 e. The van der Waals surface area contributed by atoms with Crippen molar-refractivity contribution in [2.75, 3.05) is 0 Å². The molecule has 0 atom stereocenters. The zero-order valence-corrected chi connectivity index (χ0v) is 17.3. The van der Waals surface area contributed by atoms with E-state index in [1.807, 2.05) is 6.92 Å². The summed E-state index contributed by atoms with van der Waals surface area (Å²) in [6.07, 6.45) is 1.52. The van der Waals surface area contributed by atoms with Crippen LogP contribution in [-0.2, 0) is 20.1 Å². The van der Waals surface area contributed by atoms with Crippen LogP contribution in [0, 0.1) is 30.7 Å². The van der Waals surface area contributed by atoms with Crippen molar-refractivity contribution in [3.8, 4) is 11.3 Å². The Morgan fingerprint density at radius 2 is 1.86 bits per heavy atom. The van der Waals surface area contributed by atoms with E-state index in [-0.39, 0.29) is 31.2 Å². The number of hydrogen-bond donors (Lipinski definition) is 1. The van der Waals surface area contributed by atoms with Gasteiger partial charge in [0.2, 0.25) is 5.97 Å². The van der Waals surface area contributed by atoms with Gasteiger partial charge in [-0.3, -0.25) is 13.6 Å². The van der Waals surface area contributed by atoms with Crippen molar-refractivity contribution in [1.82, 2.24) is 4.98 Å². The van der Waals surface area contributed by atoms with Crippen molar-refractivity contribution in [3.05, 3.63) is 89.1 Å². The molecule has 0 saturated carbocycles. The summed E-state index contributed by atoms with van der Waals surface area (Å²) in [7, 11) is 0. The number of aryl methyl sites for hydroxylation is 1. The molecule has 0 spiro atoms. The molecule has 0 fully saturated rings. The standard InChI is InChI=1S/C14H10F2NO.C7H5O2.Ir/c1-8-5-6-17-12(7-8)10-3-4-11(15)13(9(2)18)14(10)16;8-7(9)6-4-2-1-3-5-6;/h4-7H,1-2H3;1-4H,(H,8,9);/q2*-1;. The van der Waals surface area contributed by atoms with Gasteiger partial charge in [0, 0.05) is 31.9 Å². The molecule has 1 aromatic heterocycles. The van der Waals surface area contributed by atoms with Gasteiger partial charge >= 0.3 is 0 Å². The molecule has 0 aliphatic heterocycles. The molecule has 2 aromatic carbocycles. The summed E-state index contributed by atoms with van der Waals surface area (Å²) in [4.78, 5) is 25.4. The van der Waals surface area contributed by atoms with E-state index < -0.39 is 29.0 Å². The molecule has 0 amide bonds. The molecule has 1 N–H and O–H groups in total. The number of carboxylic acid groups (broad SMARTS) is 1. The monoisotopic (exact) mass is 560 g/mol. The van der Waals surface area contributed by atoms with E-state index in [0.29, 0.717) is 5.69 Å². The van der Waals surface area contributed by atoms with Crippen LogP contribution in [0.4, 0.5) is 8.78 Å². The molecule has 3 aromatic rings. The molecule has 0 bridgehead atoms. The molecular formula is C21H15F2IrNO3-2. The molecule has 1 heterocycles. The number of carboxylic acids is 1. The Labute approximate surface area is 174 Å². The molecule has 0 unspecified atom stereocenters. The number of ketones is 1. The minimum atomic E-state index is -0.935. The number of carbonyl (C=O) groups excluding carboxylic acids is 1. The van der Waals surface area contributed by atoms with E-state index in [9.17, 15) is 18.4 Å². The Hall–Kier alpha value is -2.76. The predicted octanol–water partition coefficient (Wildman–Crippen LogP) is 4.52. The molecule has 7 heteroatoms. The minimum absolute atomic E-state index is 0. The SMILES string of the molecule is CC(=O)c1c(F)c[c-]c(-c2cc(C)ccn2)c1F.O=C(O)c1[c-]cccc1.[Ir]. The fraction of sp³-hybridized carbons (Fsp3) is 0.0952. The number of rotatable bonds is 3. The maximum Gasteiger partial charge on any atom is 0.247 e. The molecule has 3 rings (SSSR count). The van der Waals surface area contributed by atoms with Crippen molar-refractivity contribution >= 4 is 11.8 Å². The number of pyridine rings is 1. The minimum Gasteiger partial charge on any atom is -0.521 e. The number of nitrogens with zero attached hydrogens (tertiary/aromatic N) is 1. The summed E-state index contributed by atoms with van der Waals surface area (Å²) in [5.74, 6) is -3.42. The third-order valence-corrected chi connectivity index (χ3v) is 3.48. The first-order valence-electron chi connectivity index (χ1n) is 7.85. The third kappa shape index (κ3) is 5.87. The molecule has 147 valence electrons. The van der Waals surface area contributed by atoms with Crippen LogP contribution in [0.25, 0.3) is 11.3 Å². The Balaban J connectivity index is 0.000000332. The summed E-state index contributed by atoms with van der Waals surface area (Å²) in [6, 6.07) is 15.9. The van der Waals surface area contributed by atoms with E-state index in [1.54, 1.807) is 30.3 Å². The van der Waals surface area contributed by atoms with Gasteiger partial charge in [0.15, 0.2) is 0 Å². The maximum absolute atomic E-state index is 14.1. The summed E-state index contributed by atoms with van der Waals surface area (Å²) >= 11 is 0. The van der Waals surface area contributed by atoms with Gasteiger partial charge in [-0.15, -0.1) is 42.5 Å². The number of halogens is 2. The summed E-state index contributed by atoms with van der Waals surface area (Å²) in [5, 5.41) is 8.35. The second-order valence-electron chi connectivity index (χ2n) is 5.56. The van der Waals surface area contributed by atoms with Gasteiger partial charge in [0.05, 0.1) is 11.6 Å². The van der Waals surface area contributed by atoms with Gasteiger partial charge in [0.1, 0.15) is 5.78 Å². The smallest absolute Gasteiger partial charge is 0.247 e. The average molecular weight is 560 g/mol. The van der Waals surface area contributed by atoms with E-state index in [2.05, 4.69) is 17.1 Å². The van der Waals surface area contributed by atoms with Gasteiger partial charge in [-0.05, 0) is 25.6 Å². The zero-order chi connectivity index (χ0) is 20.0. The summed E-state index contributed by atoms with van der Waals surface area (Å²) < 4.78 is 27.4. The number of hydrogen-bond acceptors (Lipinski definition) is 3. The number of Topliss-reactive ketones (excluding diaryl/α,β-unsaturated/α-hetero) is 1. The topological polar surface area (TPSA) is 67.3 Å². The van der Waals surface area contributed by atoms with E-state index in [4.69, 9.17) is 5.11 Å². The fourth-order valence-corrected chi connectivity index (χ4v) is 2.21. The fourth-order valence-electron chi connectivity index (χ4n) is 2.21. The normalized spacial score (nSPS) is 9.57. The van der Waals surface area contributed by atoms with Crippen LogP contribution in [0.15, 0.2) is 48.7 Å². The summed E-state index contributed by atoms with van der Waals surface area (Å²) in [6.45, 7) is 2.95. The van der Waals surface area contributed by atoms with Gasteiger partial charge in [-0.25, -0.2) is 0 Å². The summed E-state index contributed by atoms with van der Waals surface area (Å²) in [5.41, 5.74) is 0.881. The van der Waals surface area contributed by atoms with Crippen molar-refractivity contribution in [1.29, 1.82) is 0 Å². The zero-order valence-electron chi connectivity index (χ0n) is 14.9. The van der Waals surface area contributed by atoms with Crippen molar-refractivity contribution in [2.45, 2.75) is 13.8 Å². The van der Waals surface area contributed by atoms with Crippen LogP contribution in [0.3, 0.4) is 0 Å². The quantitative estimate of drug-likeness (QED) is 0.379. The van der Waals surface area contributed by atoms with Crippen LogP contribution in [-0.4, -0.2) is 21.8 Å². The van der Waals surface area contributed by atoms with Crippen molar-refractivity contribution in [3.63, 3.8) is 0 Å². The van der Waals surface area contributed by atoms with Crippen LogP contribution < -0.4 is 0 Å². The Kier molecular flexibility index (Phi) is 8.76.